The number of hydrogen-bond donors (Lipinski definition) is 2. The van der Waals surface area contributed by atoms with E-state index in [2.05, 4.69) is 39.4 Å². The van der Waals surface area contributed by atoms with Gasteiger partial charge in [-0.1, -0.05) is 25.7 Å². The highest BCUT2D eigenvalue weighted by Gasteiger charge is 2.32. The Labute approximate surface area is 197 Å². The third-order valence-corrected chi connectivity index (χ3v) is 6.65. The van der Waals surface area contributed by atoms with Gasteiger partial charge in [0, 0.05) is 37.8 Å². The van der Waals surface area contributed by atoms with Crippen LogP contribution in [0.1, 0.15) is 76.4 Å². The number of guanidine groups is 1. The van der Waals surface area contributed by atoms with Crippen molar-refractivity contribution in [2.75, 3.05) is 19.6 Å². The summed E-state index contributed by atoms with van der Waals surface area (Å²) in [5, 5.41) is 11.6. The van der Waals surface area contributed by atoms with Gasteiger partial charge in [-0.2, -0.15) is 5.10 Å². The minimum absolute atomic E-state index is 0. The van der Waals surface area contributed by atoms with Gasteiger partial charge in [0.05, 0.1) is 18.3 Å². The van der Waals surface area contributed by atoms with Crippen LogP contribution >= 0.6 is 24.0 Å². The van der Waals surface area contributed by atoms with E-state index in [1.165, 1.54) is 38.5 Å². The molecule has 0 bridgehead atoms. The molecule has 30 heavy (non-hydrogen) atoms. The summed E-state index contributed by atoms with van der Waals surface area (Å²) >= 11 is 0. The first-order valence-corrected chi connectivity index (χ1v) is 11.6. The molecule has 1 atom stereocenters. The van der Waals surface area contributed by atoms with Crippen molar-refractivity contribution in [1.29, 1.82) is 0 Å². The summed E-state index contributed by atoms with van der Waals surface area (Å²) in [4.78, 5) is 19.5. The van der Waals surface area contributed by atoms with Gasteiger partial charge in [0.15, 0.2) is 5.96 Å². The molecule has 0 radical (unpaired) electrons. The maximum absolute atomic E-state index is 12.7. The van der Waals surface area contributed by atoms with Gasteiger partial charge in [-0.05, 0) is 45.1 Å². The zero-order chi connectivity index (χ0) is 20.1. The van der Waals surface area contributed by atoms with Gasteiger partial charge in [-0.25, -0.2) is 4.99 Å². The second-order valence-electron chi connectivity index (χ2n) is 8.82. The molecular weight excluding hydrogens is 491 g/mol. The number of rotatable bonds is 6. The molecule has 0 spiro atoms. The molecule has 4 rings (SSSR count). The zero-order valence-corrected chi connectivity index (χ0v) is 20.5. The Morgan fingerprint density at radius 3 is 2.63 bits per heavy atom. The van der Waals surface area contributed by atoms with Crippen molar-refractivity contribution in [3.8, 4) is 0 Å². The smallest absolute Gasteiger partial charge is 0.225 e. The molecule has 168 valence electrons. The van der Waals surface area contributed by atoms with Gasteiger partial charge in [0.1, 0.15) is 0 Å². The maximum atomic E-state index is 12.7. The van der Waals surface area contributed by atoms with Crippen molar-refractivity contribution in [1.82, 2.24) is 25.3 Å². The second-order valence-corrected chi connectivity index (χ2v) is 8.82. The number of carbonyl (C=O) groups excluding carboxylic acids is 1. The Kier molecular flexibility index (Phi) is 8.83. The van der Waals surface area contributed by atoms with Crippen LogP contribution in [0.25, 0.3) is 0 Å². The molecule has 1 unspecified atom stereocenters. The lowest BCUT2D eigenvalue weighted by atomic mass is 10.1. The Balaban J connectivity index is 0.00000256. The summed E-state index contributed by atoms with van der Waals surface area (Å²) in [7, 11) is 0. The van der Waals surface area contributed by atoms with E-state index in [4.69, 9.17) is 10.1 Å². The molecule has 3 aliphatic rings. The first-order valence-electron chi connectivity index (χ1n) is 11.6. The van der Waals surface area contributed by atoms with Crippen LogP contribution in [-0.2, 0) is 11.3 Å². The van der Waals surface area contributed by atoms with Gasteiger partial charge < -0.3 is 15.5 Å². The summed E-state index contributed by atoms with van der Waals surface area (Å²) in [5.41, 5.74) is 1.01. The topological polar surface area (TPSA) is 74.6 Å². The Morgan fingerprint density at radius 1 is 1.17 bits per heavy atom. The van der Waals surface area contributed by atoms with Gasteiger partial charge in [0.25, 0.3) is 0 Å². The average molecular weight is 528 g/mol. The molecule has 1 aromatic rings. The van der Waals surface area contributed by atoms with E-state index in [1.54, 1.807) is 0 Å². The van der Waals surface area contributed by atoms with Crippen molar-refractivity contribution in [2.24, 2.45) is 10.9 Å². The molecule has 3 fully saturated rings. The summed E-state index contributed by atoms with van der Waals surface area (Å²) in [6.07, 6.45) is 12.8. The number of nitrogens with one attached hydrogen (secondary N) is 2. The molecule has 1 amide bonds. The fourth-order valence-electron chi connectivity index (χ4n) is 5.02. The average Bonchev–Trinajstić information content (AvgIpc) is 3.53. The fraction of sp³-hybridized carbons (Fsp3) is 0.773. The van der Waals surface area contributed by atoms with E-state index >= 15 is 0 Å². The van der Waals surface area contributed by atoms with E-state index in [0.29, 0.717) is 18.5 Å². The molecule has 2 heterocycles. The van der Waals surface area contributed by atoms with Crippen molar-refractivity contribution in [3.63, 3.8) is 0 Å². The highest BCUT2D eigenvalue weighted by Crippen LogP contribution is 2.29. The van der Waals surface area contributed by atoms with Crippen LogP contribution in [0.5, 0.6) is 0 Å². The van der Waals surface area contributed by atoms with Crippen molar-refractivity contribution < 1.29 is 4.79 Å². The lowest BCUT2D eigenvalue weighted by Gasteiger charge is -2.21. The van der Waals surface area contributed by atoms with Crippen LogP contribution in [0.3, 0.4) is 0 Å². The molecule has 1 aromatic heterocycles. The van der Waals surface area contributed by atoms with E-state index in [-0.39, 0.29) is 35.9 Å². The lowest BCUT2D eigenvalue weighted by Crippen LogP contribution is -2.45. The minimum Gasteiger partial charge on any atom is -0.357 e. The Hall–Kier alpha value is -1.32. The van der Waals surface area contributed by atoms with Gasteiger partial charge in [-0.15, -0.1) is 24.0 Å². The largest absolute Gasteiger partial charge is 0.357 e. The molecule has 8 heteroatoms. The first kappa shape index (κ1) is 23.3. The van der Waals surface area contributed by atoms with Crippen LogP contribution in [-0.4, -0.2) is 52.2 Å². The van der Waals surface area contributed by atoms with E-state index in [0.717, 1.165) is 50.6 Å². The van der Waals surface area contributed by atoms with Crippen LogP contribution in [0.4, 0.5) is 0 Å². The third-order valence-electron chi connectivity index (χ3n) is 6.65. The summed E-state index contributed by atoms with van der Waals surface area (Å²) < 4.78 is 2.13. The molecular formula is C22H37IN6O. The van der Waals surface area contributed by atoms with Crippen LogP contribution in [0.2, 0.25) is 0 Å². The number of aliphatic imine (C=N–C) groups is 1. The van der Waals surface area contributed by atoms with E-state index < -0.39 is 0 Å². The Bertz CT molecular complexity index is 708. The Morgan fingerprint density at radius 2 is 1.90 bits per heavy atom. The number of likely N-dealkylation sites (tertiary alicyclic amines) is 1. The predicted octanol–water partition coefficient (Wildman–Crippen LogP) is 3.46. The van der Waals surface area contributed by atoms with Gasteiger partial charge in [0.2, 0.25) is 5.91 Å². The molecule has 0 aromatic carbocycles. The molecule has 7 nitrogen and oxygen atoms in total. The van der Waals surface area contributed by atoms with Gasteiger partial charge >= 0.3 is 0 Å². The van der Waals surface area contributed by atoms with Crippen LogP contribution < -0.4 is 10.6 Å². The molecule has 1 saturated heterocycles. The normalized spacial score (nSPS) is 23.0. The highest BCUT2D eigenvalue weighted by atomic mass is 127. The number of carbonyl (C=O) groups is 1. The second kappa shape index (κ2) is 11.3. The summed E-state index contributed by atoms with van der Waals surface area (Å²) in [6, 6.07) is 2.93. The van der Waals surface area contributed by atoms with Gasteiger partial charge in [-0.3, -0.25) is 9.48 Å². The van der Waals surface area contributed by atoms with Crippen LogP contribution in [0, 0.1) is 5.92 Å². The van der Waals surface area contributed by atoms with E-state index in [1.807, 2.05) is 0 Å². The predicted molar refractivity (Wildman–Crippen MR) is 130 cm³/mol. The number of aromatic nitrogens is 2. The number of hydrogen-bond acceptors (Lipinski definition) is 3. The highest BCUT2D eigenvalue weighted by molar-refractivity contribution is 14.0. The SMILES string of the molecule is CCNC(=NCc1ccn(C2CCCC2)n1)NC1CCN(C(=O)C2CCCC2)C1.I. The minimum atomic E-state index is 0. The molecule has 2 saturated carbocycles. The zero-order valence-electron chi connectivity index (χ0n) is 18.2. The van der Waals surface area contributed by atoms with Crippen molar-refractivity contribution in [3.05, 3.63) is 18.0 Å². The number of amides is 1. The van der Waals surface area contributed by atoms with Crippen molar-refractivity contribution >= 4 is 35.8 Å². The van der Waals surface area contributed by atoms with Crippen molar-refractivity contribution in [2.45, 2.75) is 83.3 Å². The standard InChI is InChI=1S/C22H36N6O.HI/c1-2-23-22(24-15-18-12-14-28(26-18)20-9-5-6-10-20)25-19-11-13-27(16-19)21(29)17-7-3-4-8-17;/h12,14,17,19-20H,2-11,13,15-16H2,1H3,(H2,23,24,25);1H. The molecule has 2 aliphatic carbocycles. The first-order chi connectivity index (χ1) is 14.2. The quantitative estimate of drug-likeness (QED) is 0.337. The van der Waals surface area contributed by atoms with Crippen LogP contribution in [0.15, 0.2) is 17.3 Å². The maximum Gasteiger partial charge on any atom is 0.225 e. The lowest BCUT2D eigenvalue weighted by molar-refractivity contribution is -0.134. The monoisotopic (exact) mass is 528 g/mol. The third kappa shape index (κ3) is 5.88. The van der Waals surface area contributed by atoms with E-state index in [9.17, 15) is 4.79 Å². The molecule has 1 aliphatic heterocycles. The fourth-order valence-corrected chi connectivity index (χ4v) is 5.02. The molecule has 2 N–H and O–H groups in total. The summed E-state index contributed by atoms with van der Waals surface area (Å²) in [6.45, 7) is 5.12. The number of nitrogens with zero attached hydrogens (tertiary/aromatic N) is 4. The summed E-state index contributed by atoms with van der Waals surface area (Å²) in [5.74, 6) is 1.46. The number of halogens is 1.